The average Bonchev–Trinajstić information content (AvgIpc) is 3.13. The number of halogens is 2. The van der Waals surface area contributed by atoms with Crippen molar-refractivity contribution < 1.29 is 14.3 Å². The number of aromatic nitrogens is 2. The molecule has 0 fully saturated rings. The summed E-state index contributed by atoms with van der Waals surface area (Å²) in [4.78, 5) is 12.1. The molecule has 0 saturated carbocycles. The van der Waals surface area contributed by atoms with Crippen molar-refractivity contribution in [3.63, 3.8) is 0 Å². The number of anilines is 1. The number of para-hydroxylation sites is 1. The summed E-state index contributed by atoms with van der Waals surface area (Å²) in [5.74, 6) is 1.20. The van der Waals surface area contributed by atoms with Crippen LogP contribution in [0.5, 0.6) is 11.5 Å². The third kappa shape index (κ3) is 6.32. The Morgan fingerprint density at radius 2 is 1.97 bits per heavy atom. The predicted molar refractivity (Wildman–Crippen MR) is 116 cm³/mol. The second-order valence-electron chi connectivity index (χ2n) is 6.06. The molecular formula is C20H19Cl2N3O3S. The van der Waals surface area contributed by atoms with Crippen LogP contribution in [0.15, 0.2) is 42.5 Å². The molecule has 6 nitrogen and oxygen atoms in total. The fourth-order valence-electron chi connectivity index (χ4n) is 2.58. The summed E-state index contributed by atoms with van der Waals surface area (Å²) in [6.07, 6.45) is 1.43. The van der Waals surface area contributed by atoms with Crippen molar-refractivity contribution in [1.82, 2.24) is 10.2 Å². The van der Waals surface area contributed by atoms with Crippen molar-refractivity contribution in [2.75, 3.05) is 19.0 Å². The maximum Gasteiger partial charge on any atom is 0.226 e. The highest BCUT2D eigenvalue weighted by Gasteiger charge is 2.11. The summed E-state index contributed by atoms with van der Waals surface area (Å²) < 4.78 is 10.9. The quantitative estimate of drug-likeness (QED) is 0.450. The first-order chi connectivity index (χ1) is 14.0. The SMILES string of the molecule is COc1ccccc1Cc1nnc(NC(=O)CCCOc2ccc(Cl)cc2Cl)s1. The Morgan fingerprint density at radius 3 is 2.76 bits per heavy atom. The van der Waals surface area contributed by atoms with Crippen LogP contribution in [0.1, 0.15) is 23.4 Å². The Morgan fingerprint density at radius 1 is 1.14 bits per heavy atom. The molecule has 0 saturated heterocycles. The van der Waals surface area contributed by atoms with E-state index in [0.29, 0.717) is 46.8 Å². The van der Waals surface area contributed by atoms with Gasteiger partial charge in [0.1, 0.15) is 16.5 Å². The monoisotopic (exact) mass is 451 g/mol. The number of benzene rings is 2. The first kappa shape index (κ1) is 21.4. The lowest BCUT2D eigenvalue weighted by Gasteiger charge is -2.08. The van der Waals surface area contributed by atoms with Gasteiger partial charge in [-0.25, -0.2) is 0 Å². The van der Waals surface area contributed by atoms with Gasteiger partial charge in [0, 0.05) is 23.4 Å². The summed E-state index contributed by atoms with van der Waals surface area (Å²) in [7, 11) is 1.63. The predicted octanol–water partition coefficient (Wildman–Crippen LogP) is 5.24. The summed E-state index contributed by atoms with van der Waals surface area (Å²) in [5, 5.41) is 13.2. The number of nitrogens with one attached hydrogen (secondary N) is 1. The maximum absolute atomic E-state index is 12.1. The Labute approximate surface area is 182 Å². The van der Waals surface area contributed by atoms with Crippen LogP contribution in [0.25, 0.3) is 0 Å². The van der Waals surface area contributed by atoms with Crippen molar-refractivity contribution in [1.29, 1.82) is 0 Å². The van der Waals surface area contributed by atoms with E-state index in [0.717, 1.165) is 16.3 Å². The van der Waals surface area contributed by atoms with Crippen molar-refractivity contribution >= 4 is 45.6 Å². The molecule has 0 aliphatic carbocycles. The number of methoxy groups -OCH3 is 1. The van der Waals surface area contributed by atoms with Gasteiger partial charge in [-0.2, -0.15) is 0 Å². The number of carbonyl (C=O) groups is 1. The molecule has 3 aromatic rings. The van der Waals surface area contributed by atoms with Crippen LogP contribution in [0.4, 0.5) is 5.13 Å². The number of ether oxygens (including phenoxy) is 2. The van der Waals surface area contributed by atoms with Gasteiger partial charge < -0.3 is 14.8 Å². The van der Waals surface area contributed by atoms with Crippen LogP contribution in [-0.2, 0) is 11.2 Å². The first-order valence-electron chi connectivity index (χ1n) is 8.87. The van der Waals surface area contributed by atoms with E-state index in [4.69, 9.17) is 32.7 Å². The molecule has 9 heteroatoms. The summed E-state index contributed by atoms with van der Waals surface area (Å²) in [6.45, 7) is 0.365. The number of hydrogen-bond acceptors (Lipinski definition) is 6. The molecule has 0 unspecified atom stereocenters. The Kier molecular flexibility index (Phi) is 7.69. The third-order valence-electron chi connectivity index (χ3n) is 3.95. The average molecular weight is 452 g/mol. The number of amides is 1. The van der Waals surface area contributed by atoms with Gasteiger partial charge in [-0.1, -0.05) is 52.7 Å². The minimum Gasteiger partial charge on any atom is -0.496 e. The second kappa shape index (κ2) is 10.4. The molecule has 0 aliphatic rings. The van der Waals surface area contributed by atoms with E-state index in [2.05, 4.69) is 15.5 Å². The van der Waals surface area contributed by atoms with E-state index >= 15 is 0 Å². The first-order valence-corrected chi connectivity index (χ1v) is 10.4. The Bertz CT molecular complexity index is 981. The molecule has 0 aliphatic heterocycles. The highest BCUT2D eigenvalue weighted by atomic mass is 35.5. The standard InChI is InChI=1S/C20H19Cl2N3O3S/c1-27-16-6-3-2-5-13(16)11-19-24-25-20(29-19)23-18(26)7-4-10-28-17-9-8-14(21)12-15(17)22/h2-3,5-6,8-9,12H,4,7,10-11H2,1H3,(H,23,25,26). The van der Waals surface area contributed by atoms with Gasteiger partial charge >= 0.3 is 0 Å². The van der Waals surface area contributed by atoms with E-state index < -0.39 is 0 Å². The van der Waals surface area contributed by atoms with Crippen molar-refractivity contribution in [3.8, 4) is 11.5 Å². The topological polar surface area (TPSA) is 73.3 Å². The van der Waals surface area contributed by atoms with Crippen molar-refractivity contribution in [3.05, 3.63) is 63.1 Å². The second-order valence-corrected chi connectivity index (χ2v) is 7.97. The molecule has 0 radical (unpaired) electrons. The van der Waals surface area contributed by atoms with E-state index in [1.165, 1.54) is 11.3 Å². The van der Waals surface area contributed by atoms with Gasteiger partial charge in [-0.05, 0) is 30.7 Å². The van der Waals surface area contributed by atoms with Gasteiger partial charge in [0.15, 0.2) is 0 Å². The summed E-state index contributed by atoms with van der Waals surface area (Å²) >= 11 is 13.2. The molecule has 1 N–H and O–H groups in total. The number of nitrogens with zero attached hydrogens (tertiary/aromatic N) is 2. The Balaban J connectivity index is 1.44. The zero-order valence-electron chi connectivity index (χ0n) is 15.7. The van der Waals surface area contributed by atoms with Gasteiger partial charge in [0.25, 0.3) is 0 Å². The maximum atomic E-state index is 12.1. The van der Waals surface area contributed by atoms with Gasteiger partial charge in [0.05, 0.1) is 18.7 Å². The smallest absolute Gasteiger partial charge is 0.226 e. The van der Waals surface area contributed by atoms with E-state index in [9.17, 15) is 4.79 Å². The normalized spacial score (nSPS) is 10.6. The van der Waals surface area contributed by atoms with E-state index in [1.807, 2.05) is 24.3 Å². The largest absolute Gasteiger partial charge is 0.496 e. The van der Waals surface area contributed by atoms with Crippen LogP contribution >= 0.6 is 34.5 Å². The molecule has 29 heavy (non-hydrogen) atoms. The third-order valence-corrected chi connectivity index (χ3v) is 5.32. The number of rotatable bonds is 9. The highest BCUT2D eigenvalue weighted by molar-refractivity contribution is 7.15. The van der Waals surface area contributed by atoms with Gasteiger partial charge in [0.2, 0.25) is 11.0 Å². The van der Waals surface area contributed by atoms with Crippen molar-refractivity contribution in [2.45, 2.75) is 19.3 Å². The van der Waals surface area contributed by atoms with Crippen LogP contribution in [-0.4, -0.2) is 29.8 Å². The van der Waals surface area contributed by atoms with Crippen LogP contribution < -0.4 is 14.8 Å². The minimum absolute atomic E-state index is 0.143. The molecule has 1 aromatic heterocycles. The lowest BCUT2D eigenvalue weighted by Crippen LogP contribution is -2.12. The summed E-state index contributed by atoms with van der Waals surface area (Å²) in [5.41, 5.74) is 1.02. The highest BCUT2D eigenvalue weighted by Crippen LogP contribution is 2.28. The fraction of sp³-hybridized carbons (Fsp3) is 0.250. The molecule has 0 bridgehead atoms. The minimum atomic E-state index is -0.143. The molecular weight excluding hydrogens is 433 g/mol. The van der Waals surface area contributed by atoms with Crippen LogP contribution in [0.3, 0.4) is 0 Å². The van der Waals surface area contributed by atoms with Crippen LogP contribution in [0.2, 0.25) is 10.0 Å². The molecule has 1 heterocycles. The molecule has 1 amide bonds. The molecule has 0 spiro atoms. The lowest BCUT2D eigenvalue weighted by atomic mass is 10.1. The fourth-order valence-corrected chi connectivity index (χ4v) is 3.82. The zero-order valence-corrected chi connectivity index (χ0v) is 18.0. The number of hydrogen-bond donors (Lipinski definition) is 1. The molecule has 152 valence electrons. The van der Waals surface area contributed by atoms with Crippen molar-refractivity contribution in [2.24, 2.45) is 0 Å². The van der Waals surface area contributed by atoms with Gasteiger partial charge in [-0.15, -0.1) is 10.2 Å². The van der Waals surface area contributed by atoms with E-state index in [1.54, 1.807) is 25.3 Å². The van der Waals surface area contributed by atoms with E-state index in [-0.39, 0.29) is 5.91 Å². The van der Waals surface area contributed by atoms with Gasteiger partial charge in [-0.3, -0.25) is 4.79 Å². The molecule has 3 rings (SSSR count). The molecule has 0 atom stereocenters. The lowest BCUT2D eigenvalue weighted by molar-refractivity contribution is -0.116. The number of carbonyl (C=O) groups excluding carboxylic acids is 1. The Hall–Kier alpha value is -2.35. The van der Waals surface area contributed by atoms with Crippen LogP contribution in [0, 0.1) is 0 Å². The molecule has 2 aromatic carbocycles. The zero-order chi connectivity index (χ0) is 20.6. The summed E-state index contributed by atoms with van der Waals surface area (Å²) in [6, 6.07) is 12.8.